The van der Waals surface area contributed by atoms with Crippen LogP contribution in [0.25, 0.3) is 10.8 Å². The molecule has 0 aromatic heterocycles. The summed E-state index contributed by atoms with van der Waals surface area (Å²) in [5.74, 6) is 0.0519. The molecule has 0 bridgehead atoms. The van der Waals surface area contributed by atoms with Crippen molar-refractivity contribution in [3.8, 4) is 0 Å². The monoisotopic (exact) mass is 471 g/mol. The molecule has 0 spiro atoms. The second kappa shape index (κ2) is 9.19. The number of hydrogen-bond donors (Lipinski definition) is 1. The predicted molar refractivity (Wildman–Crippen MR) is 136 cm³/mol. The molecule has 4 aromatic rings. The number of carbonyl (C=O) groups is 1. The van der Waals surface area contributed by atoms with E-state index in [9.17, 15) is 13.2 Å². The maximum absolute atomic E-state index is 13.0. The lowest BCUT2D eigenvalue weighted by molar-refractivity contribution is 0.0747. The van der Waals surface area contributed by atoms with E-state index in [1.807, 2.05) is 59.5 Å². The Kier molecular flexibility index (Phi) is 5.94. The molecule has 0 radical (unpaired) electrons. The summed E-state index contributed by atoms with van der Waals surface area (Å²) in [7, 11) is -3.62. The van der Waals surface area contributed by atoms with Crippen molar-refractivity contribution < 1.29 is 13.2 Å². The molecule has 172 valence electrons. The van der Waals surface area contributed by atoms with Crippen LogP contribution in [0.1, 0.15) is 10.4 Å². The van der Waals surface area contributed by atoms with E-state index >= 15 is 0 Å². The molecule has 1 heterocycles. The zero-order chi connectivity index (χ0) is 23.5. The quantitative estimate of drug-likeness (QED) is 0.462. The Morgan fingerprint density at radius 3 is 2.06 bits per heavy atom. The summed E-state index contributed by atoms with van der Waals surface area (Å²) in [6, 6.07) is 29.5. The van der Waals surface area contributed by atoms with E-state index in [1.54, 1.807) is 42.5 Å². The van der Waals surface area contributed by atoms with Crippen LogP contribution in [0.3, 0.4) is 0 Å². The maximum atomic E-state index is 13.0. The van der Waals surface area contributed by atoms with E-state index in [0.717, 1.165) is 16.5 Å². The molecule has 6 nitrogen and oxygen atoms in total. The van der Waals surface area contributed by atoms with Crippen LogP contribution in [-0.4, -0.2) is 45.4 Å². The van der Waals surface area contributed by atoms with Gasteiger partial charge in [0.15, 0.2) is 0 Å². The van der Waals surface area contributed by atoms with E-state index < -0.39 is 10.0 Å². The van der Waals surface area contributed by atoms with Crippen LogP contribution in [0.5, 0.6) is 0 Å². The predicted octanol–water partition coefficient (Wildman–Crippen LogP) is 4.60. The summed E-state index contributed by atoms with van der Waals surface area (Å²) in [5, 5.41) is 2.19. The molecule has 0 aliphatic carbocycles. The van der Waals surface area contributed by atoms with Gasteiger partial charge >= 0.3 is 0 Å². The second-order valence-corrected chi connectivity index (χ2v) is 9.99. The second-order valence-electron chi connectivity index (χ2n) is 8.31. The Morgan fingerprint density at radius 2 is 1.35 bits per heavy atom. The van der Waals surface area contributed by atoms with Crippen molar-refractivity contribution in [2.24, 2.45) is 0 Å². The number of anilines is 2. The summed E-state index contributed by atoms with van der Waals surface area (Å²) in [6.45, 7) is 2.70. The number of piperazine rings is 1. The first-order chi connectivity index (χ1) is 16.5. The molecule has 4 aromatic carbocycles. The number of benzene rings is 4. The molecule has 1 amide bonds. The molecule has 1 aliphatic rings. The lowest BCUT2D eigenvalue weighted by Crippen LogP contribution is -2.48. The van der Waals surface area contributed by atoms with E-state index in [1.165, 1.54) is 0 Å². The topological polar surface area (TPSA) is 69.7 Å². The van der Waals surface area contributed by atoms with Gasteiger partial charge in [-0.2, -0.15) is 0 Å². The van der Waals surface area contributed by atoms with Gasteiger partial charge in [-0.05, 0) is 59.3 Å². The van der Waals surface area contributed by atoms with E-state index in [2.05, 4.69) is 9.62 Å². The van der Waals surface area contributed by atoms with Crippen LogP contribution >= 0.6 is 0 Å². The van der Waals surface area contributed by atoms with Gasteiger partial charge < -0.3 is 9.80 Å². The molecule has 7 heteroatoms. The zero-order valence-electron chi connectivity index (χ0n) is 18.6. The van der Waals surface area contributed by atoms with Gasteiger partial charge in [-0.25, -0.2) is 8.42 Å². The summed E-state index contributed by atoms with van der Waals surface area (Å²) >= 11 is 0. The van der Waals surface area contributed by atoms with Gasteiger partial charge in [0.25, 0.3) is 15.9 Å². The van der Waals surface area contributed by atoms with Gasteiger partial charge in [-0.15, -0.1) is 0 Å². The number of carbonyl (C=O) groups excluding carboxylic acids is 1. The fourth-order valence-electron chi connectivity index (χ4n) is 4.23. The number of sulfonamides is 1. The van der Waals surface area contributed by atoms with E-state index in [4.69, 9.17) is 0 Å². The van der Waals surface area contributed by atoms with E-state index in [0.29, 0.717) is 37.4 Å². The van der Waals surface area contributed by atoms with Crippen LogP contribution in [0.15, 0.2) is 102 Å². The molecule has 0 unspecified atom stereocenters. The Bertz CT molecular complexity index is 1410. The third kappa shape index (κ3) is 4.61. The molecule has 1 aliphatic heterocycles. The highest BCUT2D eigenvalue weighted by Gasteiger charge is 2.23. The third-order valence-corrected chi connectivity index (χ3v) is 7.50. The Hall–Kier alpha value is -3.84. The smallest absolute Gasteiger partial charge is 0.261 e. The molecule has 5 rings (SSSR count). The van der Waals surface area contributed by atoms with Crippen molar-refractivity contribution in [2.75, 3.05) is 35.8 Å². The van der Waals surface area contributed by atoms with E-state index in [-0.39, 0.29) is 10.8 Å². The first-order valence-electron chi connectivity index (χ1n) is 11.2. The van der Waals surface area contributed by atoms with Crippen LogP contribution in [0, 0.1) is 0 Å². The van der Waals surface area contributed by atoms with Crippen molar-refractivity contribution in [2.45, 2.75) is 4.90 Å². The summed E-state index contributed by atoms with van der Waals surface area (Å²) in [5.41, 5.74) is 2.22. The molecule has 0 atom stereocenters. The number of amides is 1. The molecular weight excluding hydrogens is 446 g/mol. The molecule has 1 N–H and O–H groups in total. The standard InChI is InChI=1S/C27H25N3O3S/c31-27(23-11-10-21-6-4-5-7-22(21)20-23)30-18-16-29(17-19-30)25-14-12-24(13-15-25)28-34(32,33)26-8-2-1-3-9-26/h1-15,20,28H,16-19H2. The lowest BCUT2D eigenvalue weighted by Gasteiger charge is -2.36. The van der Waals surface area contributed by atoms with Gasteiger partial charge in [-0.1, -0.05) is 48.5 Å². The Labute approximate surface area is 199 Å². The van der Waals surface area contributed by atoms with Crippen LogP contribution in [0.2, 0.25) is 0 Å². The van der Waals surface area contributed by atoms with Gasteiger partial charge in [0.1, 0.15) is 0 Å². The fraction of sp³-hybridized carbons (Fsp3) is 0.148. The van der Waals surface area contributed by atoms with Gasteiger partial charge in [0, 0.05) is 43.1 Å². The van der Waals surface area contributed by atoms with Crippen LogP contribution in [-0.2, 0) is 10.0 Å². The molecule has 0 saturated carbocycles. The van der Waals surface area contributed by atoms with Crippen LogP contribution in [0.4, 0.5) is 11.4 Å². The summed E-state index contributed by atoms with van der Waals surface area (Å²) in [6.07, 6.45) is 0. The normalized spacial score (nSPS) is 14.2. The minimum atomic E-state index is -3.62. The first kappa shape index (κ1) is 22.0. The third-order valence-electron chi connectivity index (χ3n) is 6.10. The van der Waals surface area contributed by atoms with Crippen molar-refractivity contribution in [1.82, 2.24) is 4.90 Å². The average molecular weight is 472 g/mol. The van der Waals surface area contributed by atoms with Crippen LogP contribution < -0.4 is 9.62 Å². The first-order valence-corrected chi connectivity index (χ1v) is 12.7. The Balaban J connectivity index is 1.21. The number of nitrogens with zero attached hydrogens (tertiary/aromatic N) is 2. The largest absolute Gasteiger partial charge is 0.368 e. The van der Waals surface area contributed by atoms with Gasteiger partial charge in [-0.3, -0.25) is 9.52 Å². The molecule has 34 heavy (non-hydrogen) atoms. The fourth-order valence-corrected chi connectivity index (χ4v) is 5.31. The zero-order valence-corrected chi connectivity index (χ0v) is 19.4. The van der Waals surface area contributed by atoms with Crippen molar-refractivity contribution in [3.63, 3.8) is 0 Å². The molecule has 1 saturated heterocycles. The minimum Gasteiger partial charge on any atom is -0.368 e. The van der Waals surface area contributed by atoms with Gasteiger partial charge in [0.2, 0.25) is 0 Å². The number of hydrogen-bond acceptors (Lipinski definition) is 4. The molecule has 1 fully saturated rings. The van der Waals surface area contributed by atoms with Crippen molar-refractivity contribution in [3.05, 3.63) is 103 Å². The number of nitrogens with one attached hydrogen (secondary N) is 1. The van der Waals surface area contributed by atoms with Crippen molar-refractivity contribution in [1.29, 1.82) is 0 Å². The summed E-state index contributed by atoms with van der Waals surface area (Å²) < 4.78 is 27.7. The lowest BCUT2D eigenvalue weighted by atomic mass is 10.1. The molecular formula is C27H25N3O3S. The number of fused-ring (bicyclic) bond motifs is 1. The Morgan fingerprint density at radius 1 is 0.706 bits per heavy atom. The van der Waals surface area contributed by atoms with Gasteiger partial charge in [0.05, 0.1) is 4.90 Å². The highest BCUT2D eigenvalue weighted by atomic mass is 32.2. The SMILES string of the molecule is O=C(c1ccc2ccccc2c1)N1CCN(c2ccc(NS(=O)(=O)c3ccccc3)cc2)CC1. The minimum absolute atomic E-state index is 0.0519. The number of rotatable bonds is 5. The van der Waals surface area contributed by atoms with Crippen molar-refractivity contribution >= 4 is 38.1 Å². The summed E-state index contributed by atoms with van der Waals surface area (Å²) in [4.78, 5) is 17.4. The average Bonchev–Trinajstić information content (AvgIpc) is 2.89. The highest BCUT2D eigenvalue weighted by molar-refractivity contribution is 7.92. The highest BCUT2D eigenvalue weighted by Crippen LogP contribution is 2.23. The maximum Gasteiger partial charge on any atom is 0.261 e.